The van der Waals surface area contributed by atoms with E-state index in [1.807, 2.05) is 30.9 Å². The monoisotopic (exact) mass is 417 g/mol. The molecule has 0 spiro atoms. The number of halogens is 2. The number of methoxy groups -OCH3 is 1. The SMILES string of the molecule is COc1ccc(CCN(C)c2cc(-c3ccc(F)cc3)nn2C)cc1Br. The molecule has 4 nitrogen and oxygen atoms in total. The maximum atomic E-state index is 13.1. The highest BCUT2D eigenvalue weighted by molar-refractivity contribution is 9.10. The molecule has 0 saturated carbocycles. The van der Waals surface area contributed by atoms with E-state index in [9.17, 15) is 4.39 Å². The lowest BCUT2D eigenvalue weighted by molar-refractivity contribution is 0.412. The molecule has 0 amide bonds. The summed E-state index contributed by atoms with van der Waals surface area (Å²) in [4.78, 5) is 2.16. The molecule has 0 atom stereocenters. The lowest BCUT2D eigenvalue weighted by atomic mass is 10.1. The van der Waals surface area contributed by atoms with Crippen molar-refractivity contribution in [1.29, 1.82) is 0 Å². The first-order chi connectivity index (χ1) is 12.5. The fraction of sp³-hybridized carbons (Fsp3) is 0.250. The van der Waals surface area contributed by atoms with Crippen molar-refractivity contribution in [3.8, 4) is 17.0 Å². The van der Waals surface area contributed by atoms with Gasteiger partial charge in [-0.25, -0.2) is 4.39 Å². The van der Waals surface area contributed by atoms with Crippen molar-refractivity contribution in [1.82, 2.24) is 9.78 Å². The zero-order valence-electron chi connectivity index (χ0n) is 15.0. The van der Waals surface area contributed by atoms with Gasteiger partial charge >= 0.3 is 0 Å². The van der Waals surface area contributed by atoms with Crippen LogP contribution in [0.5, 0.6) is 5.75 Å². The van der Waals surface area contributed by atoms with Crippen molar-refractivity contribution in [3.05, 3.63) is 64.4 Å². The number of likely N-dealkylation sites (N-methyl/N-ethyl adjacent to an activating group) is 1. The van der Waals surface area contributed by atoms with E-state index >= 15 is 0 Å². The summed E-state index contributed by atoms with van der Waals surface area (Å²) in [6.07, 6.45) is 0.899. The highest BCUT2D eigenvalue weighted by Crippen LogP contribution is 2.27. The number of benzene rings is 2. The van der Waals surface area contributed by atoms with Gasteiger partial charge in [-0.3, -0.25) is 4.68 Å². The molecular weight excluding hydrogens is 397 g/mol. The second-order valence-electron chi connectivity index (χ2n) is 6.16. The van der Waals surface area contributed by atoms with E-state index in [1.165, 1.54) is 17.7 Å². The Bertz CT molecular complexity index is 893. The van der Waals surface area contributed by atoms with Crippen LogP contribution in [0.4, 0.5) is 10.2 Å². The van der Waals surface area contributed by atoms with Crippen LogP contribution in [0.15, 0.2) is 53.0 Å². The molecule has 2 aromatic carbocycles. The van der Waals surface area contributed by atoms with E-state index in [4.69, 9.17) is 4.74 Å². The fourth-order valence-electron chi connectivity index (χ4n) is 2.85. The van der Waals surface area contributed by atoms with Crippen LogP contribution in [0.2, 0.25) is 0 Å². The molecule has 26 heavy (non-hydrogen) atoms. The number of nitrogens with zero attached hydrogens (tertiary/aromatic N) is 3. The Morgan fingerprint density at radius 3 is 2.54 bits per heavy atom. The second kappa shape index (κ2) is 7.91. The first kappa shape index (κ1) is 18.5. The Kier molecular flexibility index (Phi) is 5.61. The fourth-order valence-corrected chi connectivity index (χ4v) is 3.44. The third kappa shape index (κ3) is 4.07. The quantitative estimate of drug-likeness (QED) is 0.583. The molecule has 0 aliphatic rings. The summed E-state index contributed by atoms with van der Waals surface area (Å²) in [5, 5.41) is 4.55. The van der Waals surface area contributed by atoms with Gasteiger partial charge in [-0.2, -0.15) is 5.10 Å². The van der Waals surface area contributed by atoms with E-state index in [0.717, 1.165) is 40.3 Å². The van der Waals surface area contributed by atoms with Gasteiger partial charge in [-0.15, -0.1) is 0 Å². The molecule has 0 fully saturated rings. The summed E-state index contributed by atoms with van der Waals surface area (Å²) in [6.45, 7) is 0.848. The molecule has 1 aromatic heterocycles. The first-order valence-corrected chi connectivity index (χ1v) is 9.11. The van der Waals surface area contributed by atoms with E-state index in [-0.39, 0.29) is 5.82 Å². The Morgan fingerprint density at radius 2 is 1.88 bits per heavy atom. The normalized spacial score (nSPS) is 10.8. The zero-order chi connectivity index (χ0) is 18.7. The summed E-state index contributed by atoms with van der Waals surface area (Å²) in [7, 11) is 5.63. The smallest absolute Gasteiger partial charge is 0.133 e. The van der Waals surface area contributed by atoms with Crippen LogP contribution < -0.4 is 9.64 Å². The summed E-state index contributed by atoms with van der Waals surface area (Å²) >= 11 is 3.53. The van der Waals surface area contributed by atoms with Gasteiger partial charge in [-0.05, 0) is 64.3 Å². The van der Waals surface area contributed by atoms with E-state index < -0.39 is 0 Å². The topological polar surface area (TPSA) is 30.3 Å². The van der Waals surface area contributed by atoms with Crippen molar-refractivity contribution < 1.29 is 9.13 Å². The predicted molar refractivity (Wildman–Crippen MR) is 106 cm³/mol. The standard InChI is InChI=1S/C20H21BrFN3O/c1-24(11-10-14-4-9-19(26-3)17(21)12-14)20-13-18(23-25(20)2)15-5-7-16(22)8-6-15/h4-9,12-13H,10-11H2,1-3H3. The number of rotatable bonds is 6. The largest absolute Gasteiger partial charge is 0.496 e. The Morgan fingerprint density at radius 1 is 1.15 bits per heavy atom. The minimum absolute atomic E-state index is 0.243. The maximum absolute atomic E-state index is 13.1. The number of hydrogen-bond acceptors (Lipinski definition) is 3. The number of anilines is 1. The number of ether oxygens (including phenoxy) is 1. The molecule has 1 heterocycles. The van der Waals surface area contributed by atoms with Crippen LogP contribution in [0.3, 0.4) is 0 Å². The minimum Gasteiger partial charge on any atom is -0.496 e. The van der Waals surface area contributed by atoms with Gasteiger partial charge < -0.3 is 9.64 Å². The molecule has 3 rings (SSSR count). The molecule has 0 N–H and O–H groups in total. The van der Waals surface area contributed by atoms with Crippen LogP contribution >= 0.6 is 15.9 Å². The van der Waals surface area contributed by atoms with Gasteiger partial charge in [0, 0.05) is 32.3 Å². The van der Waals surface area contributed by atoms with Gasteiger partial charge in [0.05, 0.1) is 17.3 Å². The van der Waals surface area contributed by atoms with E-state index in [2.05, 4.69) is 38.1 Å². The average Bonchev–Trinajstić information content (AvgIpc) is 3.02. The molecular formula is C20H21BrFN3O. The highest BCUT2D eigenvalue weighted by atomic mass is 79.9. The molecule has 0 saturated heterocycles. The minimum atomic E-state index is -0.243. The summed E-state index contributed by atoms with van der Waals surface area (Å²) in [5.74, 6) is 1.60. The van der Waals surface area contributed by atoms with Crippen LogP contribution in [-0.2, 0) is 13.5 Å². The number of aromatic nitrogens is 2. The second-order valence-corrected chi connectivity index (χ2v) is 7.01. The Hall–Kier alpha value is -2.34. The zero-order valence-corrected chi connectivity index (χ0v) is 16.6. The van der Waals surface area contributed by atoms with Crippen LogP contribution in [0.25, 0.3) is 11.3 Å². The van der Waals surface area contributed by atoms with Gasteiger partial charge in [0.15, 0.2) is 0 Å². The summed E-state index contributed by atoms with van der Waals surface area (Å²) < 4.78 is 21.2. The molecule has 0 radical (unpaired) electrons. The third-order valence-corrected chi connectivity index (χ3v) is 4.96. The maximum Gasteiger partial charge on any atom is 0.133 e. The lowest BCUT2D eigenvalue weighted by Crippen LogP contribution is -2.22. The van der Waals surface area contributed by atoms with Crippen LogP contribution in [-0.4, -0.2) is 30.5 Å². The number of hydrogen-bond donors (Lipinski definition) is 0. The highest BCUT2D eigenvalue weighted by Gasteiger charge is 2.11. The number of aryl methyl sites for hydroxylation is 1. The molecule has 0 bridgehead atoms. The van der Waals surface area contributed by atoms with E-state index in [0.29, 0.717) is 0 Å². The Balaban J connectivity index is 1.71. The summed E-state index contributed by atoms with van der Waals surface area (Å²) in [6, 6.07) is 14.5. The lowest BCUT2D eigenvalue weighted by Gasteiger charge is -2.19. The first-order valence-electron chi connectivity index (χ1n) is 8.31. The van der Waals surface area contributed by atoms with Crippen LogP contribution in [0.1, 0.15) is 5.56 Å². The Labute approximate surface area is 161 Å². The molecule has 0 unspecified atom stereocenters. The van der Waals surface area contributed by atoms with Crippen molar-refractivity contribution in [2.75, 3.05) is 25.6 Å². The predicted octanol–water partition coefficient (Wildman–Crippen LogP) is 4.68. The van der Waals surface area contributed by atoms with E-state index in [1.54, 1.807) is 19.2 Å². The van der Waals surface area contributed by atoms with Crippen molar-refractivity contribution in [2.45, 2.75) is 6.42 Å². The van der Waals surface area contributed by atoms with Crippen molar-refractivity contribution >= 4 is 21.7 Å². The molecule has 0 aliphatic heterocycles. The summed E-state index contributed by atoms with van der Waals surface area (Å²) in [5.41, 5.74) is 2.97. The van der Waals surface area contributed by atoms with Gasteiger partial charge in [0.2, 0.25) is 0 Å². The van der Waals surface area contributed by atoms with Crippen LogP contribution in [0, 0.1) is 5.82 Å². The van der Waals surface area contributed by atoms with Crippen molar-refractivity contribution in [2.24, 2.45) is 7.05 Å². The van der Waals surface area contributed by atoms with Gasteiger partial charge in [0.1, 0.15) is 17.4 Å². The average molecular weight is 418 g/mol. The van der Waals surface area contributed by atoms with Gasteiger partial charge in [0.25, 0.3) is 0 Å². The van der Waals surface area contributed by atoms with Gasteiger partial charge in [-0.1, -0.05) is 6.07 Å². The van der Waals surface area contributed by atoms with Crippen molar-refractivity contribution in [3.63, 3.8) is 0 Å². The third-order valence-electron chi connectivity index (χ3n) is 4.34. The molecule has 6 heteroatoms. The molecule has 0 aliphatic carbocycles. The molecule has 136 valence electrons. The molecule has 3 aromatic rings.